The number of hydrogen-bond acceptors (Lipinski definition) is 3. The largest absolute Gasteiger partial charge is 0.309 e. The molecule has 0 saturated carbocycles. The van der Waals surface area contributed by atoms with Gasteiger partial charge in [-0.25, -0.2) is 15.0 Å². The second kappa shape index (κ2) is 19.8. The SMILES string of the molecule is c1ccc(-c2nc(-c3ccccc3)nc(-c3cc(-c4cccc(-n5c6ccccc6c6ccccc65)c4)c(-n4c5ccccc5c5c4ccc4c6ccccc6n(-c6ccccc6)c45)c(-c4cccc(-n5c6ccccc6c6ccccc65)c4)c3)n2)cc1. The fourth-order valence-corrected chi connectivity index (χ4v) is 14.0. The van der Waals surface area contributed by atoms with Crippen LogP contribution in [0.1, 0.15) is 0 Å². The molecule has 0 amide bonds. The molecule has 88 heavy (non-hydrogen) atoms. The number of aromatic nitrogens is 7. The van der Waals surface area contributed by atoms with E-state index < -0.39 is 0 Å². The van der Waals surface area contributed by atoms with Crippen molar-refractivity contribution in [1.29, 1.82) is 0 Å². The summed E-state index contributed by atoms with van der Waals surface area (Å²) >= 11 is 0. The maximum atomic E-state index is 5.47. The summed E-state index contributed by atoms with van der Waals surface area (Å²) in [7, 11) is 0. The van der Waals surface area contributed by atoms with Crippen LogP contribution in [-0.2, 0) is 0 Å². The normalized spacial score (nSPS) is 11.9. The Hall–Kier alpha value is -11.9. The first-order valence-corrected chi connectivity index (χ1v) is 29.9. The Morgan fingerprint density at radius 2 is 0.545 bits per heavy atom. The number of hydrogen-bond donors (Lipinski definition) is 0. The standard InChI is InChI=1S/C81H51N7/c1-4-24-52(25-5-1)79-82-80(53-26-6-2-7-27-53)84-81(83-79)56-50-67(54-28-22-32-58(48-54)85-69-40-16-10-34-60(69)61-35-11-17-41-70(61)85)77(68(51-56)55-29-23-33-59(49-55)86-71-42-18-12-36-62(71)63-37-13-19-43-72(63)86)88-74-45-21-15-39-66(74)76-75(88)47-46-65-64-38-14-20-44-73(64)87(78(65)76)57-30-8-3-9-31-57/h1-51H. The van der Waals surface area contributed by atoms with E-state index in [0.29, 0.717) is 17.5 Å². The van der Waals surface area contributed by atoms with E-state index in [-0.39, 0.29) is 0 Å². The highest BCUT2D eigenvalue weighted by Gasteiger charge is 2.27. The fourth-order valence-electron chi connectivity index (χ4n) is 14.0. The summed E-state index contributed by atoms with van der Waals surface area (Å²) in [5, 5.41) is 9.56. The Morgan fingerprint density at radius 3 is 1.00 bits per heavy atom. The van der Waals surface area contributed by atoms with Crippen LogP contribution in [0.4, 0.5) is 0 Å². The van der Waals surface area contributed by atoms with Crippen molar-refractivity contribution in [2.24, 2.45) is 0 Å². The van der Waals surface area contributed by atoms with Crippen molar-refractivity contribution in [2.75, 3.05) is 0 Å². The minimum Gasteiger partial charge on any atom is -0.309 e. The summed E-state index contributed by atoms with van der Waals surface area (Å²) in [6, 6.07) is 112. The van der Waals surface area contributed by atoms with Gasteiger partial charge in [0.05, 0.1) is 49.8 Å². The Balaban J connectivity index is 1.00. The van der Waals surface area contributed by atoms with Gasteiger partial charge < -0.3 is 18.3 Å². The number of benzene rings is 13. The van der Waals surface area contributed by atoms with E-state index in [1.807, 2.05) is 36.4 Å². The molecule has 18 aromatic rings. The highest BCUT2D eigenvalue weighted by atomic mass is 15.0. The van der Waals surface area contributed by atoms with Crippen molar-refractivity contribution in [3.05, 3.63) is 309 Å². The van der Waals surface area contributed by atoms with E-state index in [1.54, 1.807) is 0 Å². The predicted molar refractivity (Wildman–Crippen MR) is 364 cm³/mol. The molecule has 5 heterocycles. The lowest BCUT2D eigenvalue weighted by Gasteiger charge is -2.22. The lowest BCUT2D eigenvalue weighted by Crippen LogP contribution is -2.05. The van der Waals surface area contributed by atoms with Gasteiger partial charge >= 0.3 is 0 Å². The van der Waals surface area contributed by atoms with E-state index >= 15 is 0 Å². The molecule has 0 aliphatic rings. The lowest BCUT2D eigenvalue weighted by atomic mass is 9.92. The average molecular weight is 1120 g/mol. The minimum atomic E-state index is 0.565. The summed E-state index contributed by atoms with van der Waals surface area (Å²) < 4.78 is 9.84. The van der Waals surface area contributed by atoms with Gasteiger partial charge in [0, 0.05) is 88.0 Å². The van der Waals surface area contributed by atoms with Crippen molar-refractivity contribution in [1.82, 2.24) is 33.2 Å². The third-order valence-corrected chi connectivity index (χ3v) is 17.8. The van der Waals surface area contributed by atoms with Gasteiger partial charge in [0.1, 0.15) is 0 Å². The van der Waals surface area contributed by atoms with Crippen LogP contribution in [0.3, 0.4) is 0 Å². The van der Waals surface area contributed by atoms with Crippen LogP contribution in [0, 0.1) is 0 Å². The van der Waals surface area contributed by atoms with Gasteiger partial charge in [0.15, 0.2) is 17.5 Å². The van der Waals surface area contributed by atoms with Crippen molar-refractivity contribution in [3.8, 4) is 79.2 Å². The van der Waals surface area contributed by atoms with Crippen LogP contribution in [0.5, 0.6) is 0 Å². The maximum Gasteiger partial charge on any atom is 0.164 e. The third-order valence-electron chi connectivity index (χ3n) is 17.8. The van der Waals surface area contributed by atoms with E-state index in [0.717, 1.165) is 111 Å². The molecule has 13 aromatic carbocycles. The summed E-state index contributed by atoms with van der Waals surface area (Å²) in [6.45, 7) is 0. The van der Waals surface area contributed by atoms with Crippen LogP contribution in [0.2, 0.25) is 0 Å². The van der Waals surface area contributed by atoms with Gasteiger partial charge in [-0.15, -0.1) is 0 Å². The molecule has 0 N–H and O–H groups in total. The molecule has 0 radical (unpaired) electrons. The first-order chi connectivity index (χ1) is 43.7. The highest BCUT2D eigenvalue weighted by Crippen LogP contribution is 2.48. The van der Waals surface area contributed by atoms with Crippen LogP contribution in [-0.4, -0.2) is 33.2 Å². The molecule has 5 aromatic heterocycles. The van der Waals surface area contributed by atoms with Gasteiger partial charge in [-0.3, -0.25) is 0 Å². The number of nitrogens with zero attached hydrogens (tertiary/aromatic N) is 7. The Kier molecular flexibility index (Phi) is 11.2. The predicted octanol–water partition coefficient (Wildman–Crippen LogP) is 20.6. The van der Waals surface area contributed by atoms with Crippen LogP contribution < -0.4 is 0 Å². The molecular weight excluding hydrogens is 1070 g/mol. The molecule has 0 bridgehead atoms. The maximum absolute atomic E-state index is 5.47. The first kappa shape index (κ1) is 49.5. The Bertz CT molecular complexity index is 5470. The molecule has 0 aliphatic carbocycles. The van der Waals surface area contributed by atoms with Gasteiger partial charge in [-0.2, -0.15) is 0 Å². The zero-order chi connectivity index (χ0) is 57.8. The molecular formula is C81H51N7. The molecule has 0 spiro atoms. The molecule has 410 valence electrons. The smallest absolute Gasteiger partial charge is 0.164 e. The molecule has 0 atom stereocenters. The first-order valence-electron chi connectivity index (χ1n) is 29.9. The quantitative estimate of drug-likeness (QED) is 0.145. The van der Waals surface area contributed by atoms with E-state index in [9.17, 15) is 0 Å². The van der Waals surface area contributed by atoms with Crippen molar-refractivity contribution in [2.45, 2.75) is 0 Å². The van der Waals surface area contributed by atoms with Crippen molar-refractivity contribution >= 4 is 87.2 Å². The fraction of sp³-hybridized carbons (Fsp3) is 0. The van der Waals surface area contributed by atoms with E-state index in [1.165, 1.54) is 37.7 Å². The molecule has 0 unspecified atom stereocenters. The second-order valence-electron chi connectivity index (χ2n) is 22.7. The topological polar surface area (TPSA) is 58.4 Å². The second-order valence-corrected chi connectivity index (χ2v) is 22.7. The number of para-hydroxylation sites is 7. The summed E-state index contributed by atoms with van der Waals surface area (Å²) in [5.41, 5.74) is 20.0. The lowest BCUT2D eigenvalue weighted by molar-refractivity contribution is 1.07. The van der Waals surface area contributed by atoms with E-state index in [4.69, 9.17) is 15.0 Å². The summed E-state index contributed by atoms with van der Waals surface area (Å²) in [6.07, 6.45) is 0. The molecule has 18 rings (SSSR count). The van der Waals surface area contributed by atoms with Crippen molar-refractivity contribution < 1.29 is 0 Å². The Morgan fingerprint density at radius 1 is 0.205 bits per heavy atom. The van der Waals surface area contributed by atoms with E-state index in [2.05, 4.69) is 291 Å². The monoisotopic (exact) mass is 1120 g/mol. The number of rotatable bonds is 9. The zero-order valence-corrected chi connectivity index (χ0v) is 47.6. The van der Waals surface area contributed by atoms with Gasteiger partial charge in [0.25, 0.3) is 0 Å². The molecule has 7 heteroatoms. The third kappa shape index (κ3) is 7.67. The Labute approximate surface area is 506 Å². The molecule has 0 saturated heterocycles. The van der Waals surface area contributed by atoms with Gasteiger partial charge in [0.2, 0.25) is 0 Å². The zero-order valence-electron chi connectivity index (χ0n) is 47.6. The van der Waals surface area contributed by atoms with Crippen LogP contribution in [0.25, 0.3) is 166 Å². The van der Waals surface area contributed by atoms with Crippen molar-refractivity contribution in [3.63, 3.8) is 0 Å². The average Bonchev–Trinajstić information content (AvgIpc) is 1.66. The van der Waals surface area contributed by atoms with Gasteiger partial charge in [-0.05, 0) is 102 Å². The summed E-state index contributed by atoms with van der Waals surface area (Å²) in [5.74, 6) is 1.76. The number of fused-ring (bicyclic) bond motifs is 13. The minimum absolute atomic E-state index is 0.565. The van der Waals surface area contributed by atoms with Crippen LogP contribution in [0.15, 0.2) is 309 Å². The highest BCUT2D eigenvalue weighted by molar-refractivity contribution is 6.26. The van der Waals surface area contributed by atoms with Gasteiger partial charge in [-0.1, -0.05) is 218 Å². The van der Waals surface area contributed by atoms with Crippen LogP contribution >= 0.6 is 0 Å². The molecule has 7 nitrogen and oxygen atoms in total. The molecule has 0 aliphatic heterocycles. The molecule has 0 fully saturated rings. The summed E-state index contributed by atoms with van der Waals surface area (Å²) in [4.78, 5) is 16.1.